The second kappa shape index (κ2) is 9.15. The van der Waals surface area contributed by atoms with Gasteiger partial charge in [0, 0.05) is 5.92 Å². The molecule has 4 nitrogen and oxygen atoms in total. The Morgan fingerprint density at radius 1 is 1.04 bits per heavy atom. The van der Waals surface area contributed by atoms with Crippen LogP contribution in [0, 0.1) is 17.7 Å². The summed E-state index contributed by atoms with van der Waals surface area (Å²) >= 11 is 0. The van der Waals surface area contributed by atoms with Gasteiger partial charge in [0.1, 0.15) is 17.5 Å². The average molecular weight is 366 g/mol. The Labute approximate surface area is 156 Å². The van der Waals surface area contributed by atoms with Crippen LogP contribution >= 0.6 is 0 Å². The zero-order valence-electron chi connectivity index (χ0n) is 16.8. The average Bonchev–Trinajstić information content (AvgIpc) is 2.50. The summed E-state index contributed by atoms with van der Waals surface area (Å²) < 4.78 is 24.0. The molecule has 1 rings (SSSR count). The van der Waals surface area contributed by atoms with Crippen LogP contribution in [0.15, 0.2) is 24.3 Å². The van der Waals surface area contributed by atoms with Crippen molar-refractivity contribution < 1.29 is 23.5 Å². The van der Waals surface area contributed by atoms with Crippen LogP contribution in [-0.2, 0) is 19.1 Å². The lowest BCUT2D eigenvalue weighted by Crippen LogP contribution is -2.32. The Bertz CT molecular complexity index is 601. The summed E-state index contributed by atoms with van der Waals surface area (Å²) in [6, 6.07) is 6.15. The van der Waals surface area contributed by atoms with Gasteiger partial charge in [-0.25, -0.2) is 4.39 Å². The standard InChI is InChI=1S/C21H31FO4/c1-13(2)18(12-19(23)26-21(5,6)7)20(24)25-15(4)14(3)16-8-10-17(22)11-9-16/h8-11,13-15,18H,12H2,1-7H3/t14-,15+,18+/m1/s1. The molecule has 0 fully saturated rings. The smallest absolute Gasteiger partial charge is 0.310 e. The largest absolute Gasteiger partial charge is 0.462 e. The number of benzene rings is 1. The van der Waals surface area contributed by atoms with E-state index >= 15 is 0 Å². The molecule has 0 saturated carbocycles. The molecule has 0 heterocycles. The van der Waals surface area contributed by atoms with Gasteiger partial charge in [-0.2, -0.15) is 0 Å². The molecule has 0 spiro atoms. The Balaban J connectivity index is 2.73. The Morgan fingerprint density at radius 3 is 2.04 bits per heavy atom. The van der Waals surface area contributed by atoms with Crippen LogP contribution in [-0.4, -0.2) is 23.6 Å². The first-order valence-electron chi connectivity index (χ1n) is 9.08. The number of hydrogen-bond donors (Lipinski definition) is 0. The van der Waals surface area contributed by atoms with E-state index in [1.807, 2.05) is 20.8 Å². The van der Waals surface area contributed by atoms with Crippen molar-refractivity contribution in [1.82, 2.24) is 0 Å². The summed E-state index contributed by atoms with van der Waals surface area (Å²) in [6.07, 6.45) is -0.404. The van der Waals surface area contributed by atoms with Crippen LogP contribution < -0.4 is 0 Å². The van der Waals surface area contributed by atoms with Gasteiger partial charge in [-0.15, -0.1) is 0 Å². The Kier molecular flexibility index (Phi) is 7.79. The van der Waals surface area contributed by atoms with Crippen molar-refractivity contribution in [3.63, 3.8) is 0 Å². The third-order valence-electron chi connectivity index (χ3n) is 4.32. The van der Waals surface area contributed by atoms with Crippen molar-refractivity contribution in [2.75, 3.05) is 0 Å². The minimum absolute atomic E-state index is 0.00851. The van der Waals surface area contributed by atoms with Crippen LogP contribution in [0.25, 0.3) is 0 Å². The van der Waals surface area contributed by atoms with E-state index in [-0.39, 0.29) is 24.1 Å². The van der Waals surface area contributed by atoms with E-state index in [1.54, 1.807) is 39.8 Å². The van der Waals surface area contributed by atoms with Crippen molar-refractivity contribution in [2.45, 2.75) is 72.5 Å². The maximum absolute atomic E-state index is 13.1. The van der Waals surface area contributed by atoms with Crippen LogP contribution in [0.1, 0.15) is 66.4 Å². The van der Waals surface area contributed by atoms with E-state index in [1.165, 1.54) is 12.1 Å². The fourth-order valence-corrected chi connectivity index (χ4v) is 2.56. The predicted molar refractivity (Wildman–Crippen MR) is 99.2 cm³/mol. The second-order valence-corrected chi connectivity index (χ2v) is 8.12. The molecule has 0 unspecified atom stereocenters. The molecule has 0 bridgehead atoms. The molecule has 0 aliphatic carbocycles. The van der Waals surface area contributed by atoms with Gasteiger partial charge >= 0.3 is 11.9 Å². The van der Waals surface area contributed by atoms with E-state index in [2.05, 4.69) is 0 Å². The van der Waals surface area contributed by atoms with Crippen molar-refractivity contribution >= 4 is 11.9 Å². The normalized spacial score (nSPS) is 15.3. The molecule has 3 atom stereocenters. The van der Waals surface area contributed by atoms with E-state index in [9.17, 15) is 14.0 Å². The van der Waals surface area contributed by atoms with Gasteiger partial charge < -0.3 is 9.47 Å². The zero-order chi connectivity index (χ0) is 20.1. The molecule has 0 aliphatic rings. The highest BCUT2D eigenvalue weighted by molar-refractivity contribution is 5.80. The molecule has 0 N–H and O–H groups in total. The fraction of sp³-hybridized carbons (Fsp3) is 0.619. The van der Waals surface area contributed by atoms with E-state index in [4.69, 9.17) is 9.47 Å². The lowest BCUT2D eigenvalue weighted by Gasteiger charge is -2.26. The molecule has 0 aromatic heterocycles. The quantitative estimate of drug-likeness (QED) is 0.646. The Hall–Kier alpha value is -1.91. The minimum Gasteiger partial charge on any atom is -0.462 e. The summed E-state index contributed by atoms with van der Waals surface area (Å²) in [7, 11) is 0. The molecule has 0 saturated heterocycles. The first-order chi connectivity index (χ1) is 11.9. The maximum Gasteiger partial charge on any atom is 0.310 e. The third kappa shape index (κ3) is 7.14. The summed E-state index contributed by atoms with van der Waals surface area (Å²) in [4.78, 5) is 24.7. The highest BCUT2D eigenvalue weighted by atomic mass is 19.1. The van der Waals surface area contributed by atoms with Crippen LogP contribution in [0.3, 0.4) is 0 Å². The predicted octanol–water partition coefficient (Wildman–Crippen LogP) is 4.86. The van der Waals surface area contributed by atoms with Crippen molar-refractivity contribution in [3.05, 3.63) is 35.6 Å². The molecule has 5 heteroatoms. The lowest BCUT2D eigenvalue weighted by molar-refractivity contribution is -0.165. The number of halogens is 1. The first kappa shape index (κ1) is 22.1. The molecule has 146 valence electrons. The van der Waals surface area contributed by atoms with Gasteiger partial charge in [-0.3, -0.25) is 9.59 Å². The van der Waals surface area contributed by atoms with Gasteiger partial charge in [0.15, 0.2) is 0 Å². The van der Waals surface area contributed by atoms with E-state index in [0.29, 0.717) is 0 Å². The molecule has 26 heavy (non-hydrogen) atoms. The topological polar surface area (TPSA) is 52.6 Å². The number of ether oxygens (including phenoxy) is 2. The number of esters is 2. The number of hydrogen-bond acceptors (Lipinski definition) is 4. The summed E-state index contributed by atoms with van der Waals surface area (Å²) in [5.41, 5.74) is 0.298. The first-order valence-corrected chi connectivity index (χ1v) is 9.08. The van der Waals surface area contributed by atoms with E-state index in [0.717, 1.165) is 5.56 Å². The third-order valence-corrected chi connectivity index (χ3v) is 4.32. The maximum atomic E-state index is 13.1. The molecule has 0 amide bonds. The number of carbonyl (C=O) groups excluding carboxylic acids is 2. The molecular weight excluding hydrogens is 335 g/mol. The zero-order valence-corrected chi connectivity index (χ0v) is 16.8. The summed E-state index contributed by atoms with van der Waals surface area (Å²) in [5.74, 6) is -1.83. The minimum atomic E-state index is -0.590. The molecule has 0 aliphatic heterocycles. The lowest BCUT2D eigenvalue weighted by atomic mass is 9.92. The second-order valence-electron chi connectivity index (χ2n) is 8.12. The highest BCUT2D eigenvalue weighted by Crippen LogP contribution is 2.25. The summed E-state index contributed by atoms with van der Waals surface area (Å²) in [5, 5.41) is 0. The van der Waals surface area contributed by atoms with Crippen molar-refractivity contribution in [2.24, 2.45) is 11.8 Å². The Morgan fingerprint density at radius 2 is 1.58 bits per heavy atom. The van der Waals surface area contributed by atoms with Gasteiger partial charge in [0.2, 0.25) is 0 Å². The van der Waals surface area contributed by atoms with Crippen molar-refractivity contribution in [1.29, 1.82) is 0 Å². The van der Waals surface area contributed by atoms with Gasteiger partial charge in [-0.1, -0.05) is 32.9 Å². The van der Waals surface area contributed by atoms with Crippen molar-refractivity contribution in [3.8, 4) is 0 Å². The van der Waals surface area contributed by atoms with Crippen LogP contribution in [0.5, 0.6) is 0 Å². The van der Waals surface area contributed by atoms with Crippen LogP contribution in [0.2, 0.25) is 0 Å². The van der Waals surface area contributed by atoms with Gasteiger partial charge in [-0.05, 0) is 51.3 Å². The SMILES string of the molecule is CC(C)[C@H](CC(=O)OC(C)(C)C)C(=O)O[C@@H](C)[C@@H](C)c1ccc(F)cc1. The summed E-state index contributed by atoms with van der Waals surface area (Å²) in [6.45, 7) is 12.9. The molecule has 1 aromatic carbocycles. The highest BCUT2D eigenvalue weighted by Gasteiger charge is 2.31. The van der Waals surface area contributed by atoms with Gasteiger partial charge in [0.25, 0.3) is 0 Å². The van der Waals surface area contributed by atoms with Gasteiger partial charge in [0.05, 0.1) is 12.3 Å². The number of carbonyl (C=O) groups is 2. The molecular formula is C21H31FO4. The molecule has 0 radical (unpaired) electrons. The van der Waals surface area contributed by atoms with E-state index < -0.39 is 29.6 Å². The number of rotatable bonds is 7. The van der Waals surface area contributed by atoms with Crippen LogP contribution in [0.4, 0.5) is 4.39 Å². The monoisotopic (exact) mass is 366 g/mol. The molecule has 1 aromatic rings. The fourth-order valence-electron chi connectivity index (χ4n) is 2.56.